The standard InChI is InChI=1S/C20H27N3O4/c1-5-27-17-8-6-14(7-9-17)10-15(19(25)26)11-21-18(24)16-12-22-23(13-16)20(2,3)4/h6-9,12-13,15H,5,10-11H2,1-4H3,(H,21,24)(H,25,26). The smallest absolute Gasteiger partial charge is 0.308 e. The number of carbonyl (C=O) groups excluding carboxylic acids is 1. The van der Waals surface area contributed by atoms with Crippen molar-refractivity contribution in [3.8, 4) is 5.75 Å². The molecule has 146 valence electrons. The Bertz CT molecular complexity index is 775. The molecular formula is C20H27N3O4. The Morgan fingerprint density at radius 2 is 1.93 bits per heavy atom. The van der Waals surface area contributed by atoms with E-state index in [-0.39, 0.29) is 18.0 Å². The third-order valence-corrected chi connectivity index (χ3v) is 4.11. The van der Waals surface area contributed by atoms with Gasteiger partial charge < -0.3 is 15.2 Å². The number of aliphatic carboxylic acids is 1. The molecule has 2 rings (SSSR count). The van der Waals surface area contributed by atoms with Crippen LogP contribution >= 0.6 is 0 Å². The molecule has 27 heavy (non-hydrogen) atoms. The minimum atomic E-state index is -0.949. The summed E-state index contributed by atoms with van der Waals surface area (Å²) >= 11 is 0. The van der Waals surface area contributed by atoms with Crippen molar-refractivity contribution >= 4 is 11.9 Å². The van der Waals surface area contributed by atoms with E-state index in [4.69, 9.17) is 4.74 Å². The fourth-order valence-corrected chi connectivity index (χ4v) is 2.54. The molecule has 1 amide bonds. The van der Waals surface area contributed by atoms with Crippen LogP contribution < -0.4 is 10.1 Å². The number of aromatic nitrogens is 2. The molecule has 0 saturated heterocycles. The number of nitrogens with one attached hydrogen (secondary N) is 1. The predicted molar refractivity (Wildman–Crippen MR) is 102 cm³/mol. The molecule has 1 unspecified atom stereocenters. The minimum Gasteiger partial charge on any atom is -0.494 e. The van der Waals surface area contributed by atoms with Gasteiger partial charge in [-0.05, 0) is 51.8 Å². The third kappa shape index (κ3) is 5.84. The zero-order valence-corrected chi connectivity index (χ0v) is 16.2. The topological polar surface area (TPSA) is 93.5 Å². The summed E-state index contributed by atoms with van der Waals surface area (Å²) in [7, 11) is 0. The highest BCUT2D eigenvalue weighted by molar-refractivity contribution is 5.93. The van der Waals surface area contributed by atoms with Crippen LogP contribution in [0.5, 0.6) is 5.75 Å². The van der Waals surface area contributed by atoms with Crippen molar-refractivity contribution in [2.45, 2.75) is 39.7 Å². The molecule has 0 fully saturated rings. The molecule has 0 aliphatic carbocycles. The van der Waals surface area contributed by atoms with Crippen molar-refractivity contribution in [1.29, 1.82) is 0 Å². The number of rotatable bonds is 8. The highest BCUT2D eigenvalue weighted by Gasteiger charge is 2.21. The van der Waals surface area contributed by atoms with Crippen molar-refractivity contribution in [2.75, 3.05) is 13.2 Å². The average Bonchev–Trinajstić information content (AvgIpc) is 3.10. The lowest BCUT2D eigenvalue weighted by Crippen LogP contribution is -2.34. The number of carbonyl (C=O) groups is 2. The molecule has 0 saturated carbocycles. The maximum absolute atomic E-state index is 12.3. The van der Waals surface area contributed by atoms with Crippen LogP contribution in [0.1, 0.15) is 43.6 Å². The second kappa shape index (κ2) is 8.70. The Hall–Kier alpha value is -2.83. The van der Waals surface area contributed by atoms with Gasteiger partial charge in [-0.2, -0.15) is 5.10 Å². The van der Waals surface area contributed by atoms with E-state index in [1.807, 2.05) is 52.0 Å². The lowest BCUT2D eigenvalue weighted by molar-refractivity contribution is -0.141. The van der Waals surface area contributed by atoms with Gasteiger partial charge in [0.25, 0.3) is 5.91 Å². The summed E-state index contributed by atoms with van der Waals surface area (Å²) in [5.41, 5.74) is 1.06. The summed E-state index contributed by atoms with van der Waals surface area (Å²) in [6, 6.07) is 7.32. The lowest BCUT2D eigenvalue weighted by Gasteiger charge is -2.18. The fraction of sp³-hybridized carbons (Fsp3) is 0.450. The van der Waals surface area contributed by atoms with Crippen LogP contribution in [-0.2, 0) is 16.8 Å². The number of carboxylic acid groups (broad SMARTS) is 1. The van der Waals surface area contributed by atoms with Gasteiger partial charge in [-0.3, -0.25) is 14.3 Å². The molecule has 7 nitrogen and oxygen atoms in total. The van der Waals surface area contributed by atoms with Gasteiger partial charge in [-0.1, -0.05) is 12.1 Å². The van der Waals surface area contributed by atoms with Gasteiger partial charge in [0, 0.05) is 12.7 Å². The molecule has 0 aliphatic rings. The summed E-state index contributed by atoms with van der Waals surface area (Å²) in [5, 5.41) is 16.4. The number of hydrogen-bond acceptors (Lipinski definition) is 4. The number of benzene rings is 1. The van der Waals surface area contributed by atoms with E-state index < -0.39 is 11.9 Å². The summed E-state index contributed by atoms with van der Waals surface area (Å²) in [5.74, 6) is -1.25. The van der Waals surface area contributed by atoms with E-state index in [0.29, 0.717) is 18.6 Å². The van der Waals surface area contributed by atoms with Gasteiger partial charge in [-0.15, -0.1) is 0 Å². The minimum absolute atomic E-state index is 0.0437. The number of carboxylic acids is 1. The van der Waals surface area contributed by atoms with Crippen LogP contribution in [0.4, 0.5) is 0 Å². The summed E-state index contributed by atoms with van der Waals surface area (Å²) in [6.45, 7) is 8.48. The van der Waals surface area contributed by atoms with Gasteiger partial charge in [0.05, 0.1) is 29.8 Å². The van der Waals surface area contributed by atoms with Crippen LogP contribution in [0.2, 0.25) is 0 Å². The second-order valence-corrected chi connectivity index (χ2v) is 7.37. The molecule has 0 radical (unpaired) electrons. The molecule has 1 aromatic carbocycles. The number of nitrogens with zero attached hydrogens (tertiary/aromatic N) is 2. The van der Waals surface area contributed by atoms with Gasteiger partial charge in [-0.25, -0.2) is 0 Å². The number of hydrogen-bond donors (Lipinski definition) is 2. The lowest BCUT2D eigenvalue weighted by atomic mass is 9.99. The SMILES string of the molecule is CCOc1ccc(CC(CNC(=O)c2cnn(C(C)(C)C)c2)C(=O)O)cc1. The van der Waals surface area contributed by atoms with Crippen molar-refractivity contribution < 1.29 is 19.4 Å². The Morgan fingerprint density at radius 3 is 2.44 bits per heavy atom. The highest BCUT2D eigenvalue weighted by atomic mass is 16.5. The molecule has 2 N–H and O–H groups in total. The predicted octanol–water partition coefficient (Wildman–Crippen LogP) is 2.71. The van der Waals surface area contributed by atoms with Crippen molar-refractivity contribution in [3.63, 3.8) is 0 Å². The Kier molecular flexibility index (Phi) is 6.60. The second-order valence-electron chi connectivity index (χ2n) is 7.37. The zero-order chi connectivity index (χ0) is 20.0. The van der Waals surface area contributed by atoms with E-state index in [2.05, 4.69) is 10.4 Å². The number of ether oxygens (including phenoxy) is 1. The molecule has 1 heterocycles. The molecule has 2 aromatic rings. The summed E-state index contributed by atoms with van der Waals surface area (Å²) in [4.78, 5) is 23.9. The van der Waals surface area contributed by atoms with Gasteiger partial charge >= 0.3 is 5.97 Å². The normalized spacial score (nSPS) is 12.4. The molecule has 0 aliphatic heterocycles. The van der Waals surface area contributed by atoms with E-state index in [1.54, 1.807) is 10.9 Å². The van der Waals surface area contributed by atoms with E-state index in [0.717, 1.165) is 11.3 Å². The van der Waals surface area contributed by atoms with Gasteiger partial charge in [0.15, 0.2) is 0 Å². The molecule has 1 atom stereocenters. The first-order valence-electron chi connectivity index (χ1n) is 8.98. The first-order chi connectivity index (χ1) is 12.7. The Balaban J connectivity index is 1.96. The molecule has 7 heteroatoms. The maximum atomic E-state index is 12.3. The number of amides is 1. The van der Waals surface area contributed by atoms with Crippen LogP contribution in [0.25, 0.3) is 0 Å². The van der Waals surface area contributed by atoms with Gasteiger partial charge in [0.1, 0.15) is 5.75 Å². The van der Waals surface area contributed by atoms with Crippen LogP contribution in [-0.4, -0.2) is 39.9 Å². The summed E-state index contributed by atoms with van der Waals surface area (Å²) in [6.07, 6.45) is 3.48. The van der Waals surface area contributed by atoms with Crippen molar-refractivity contribution in [1.82, 2.24) is 15.1 Å². The summed E-state index contributed by atoms with van der Waals surface area (Å²) < 4.78 is 7.09. The molecule has 1 aromatic heterocycles. The van der Waals surface area contributed by atoms with Gasteiger partial charge in [0.2, 0.25) is 0 Å². The Morgan fingerprint density at radius 1 is 1.26 bits per heavy atom. The third-order valence-electron chi connectivity index (χ3n) is 4.11. The molecule has 0 spiro atoms. The largest absolute Gasteiger partial charge is 0.494 e. The molecule has 0 bridgehead atoms. The maximum Gasteiger partial charge on any atom is 0.308 e. The van der Waals surface area contributed by atoms with E-state index >= 15 is 0 Å². The van der Waals surface area contributed by atoms with Crippen LogP contribution in [0.3, 0.4) is 0 Å². The van der Waals surface area contributed by atoms with E-state index in [1.165, 1.54) is 6.20 Å². The van der Waals surface area contributed by atoms with Crippen LogP contribution in [0.15, 0.2) is 36.7 Å². The van der Waals surface area contributed by atoms with Crippen LogP contribution in [0, 0.1) is 5.92 Å². The fourth-order valence-electron chi connectivity index (χ4n) is 2.54. The monoisotopic (exact) mass is 373 g/mol. The van der Waals surface area contributed by atoms with Crippen molar-refractivity contribution in [3.05, 3.63) is 47.8 Å². The zero-order valence-electron chi connectivity index (χ0n) is 16.2. The molecular weight excluding hydrogens is 346 g/mol. The Labute approximate surface area is 159 Å². The first-order valence-corrected chi connectivity index (χ1v) is 8.98. The van der Waals surface area contributed by atoms with E-state index in [9.17, 15) is 14.7 Å². The quantitative estimate of drug-likeness (QED) is 0.742. The highest BCUT2D eigenvalue weighted by Crippen LogP contribution is 2.16. The van der Waals surface area contributed by atoms with Crippen molar-refractivity contribution in [2.24, 2.45) is 5.92 Å². The first kappa shape index (κ1) is 20.5. The average molecular weight is 373 g/mol.